The van der Waals surface area contributed by atoms with Crippen molar-refractivity contribution in [1.82, 2.24) is 0 Å². The SMILES string of the molecule is Cc1ccc(O)c(NC(=O)CCOc2ccccc2Cl)c1. The molecule has 2 rings (SSSR count). The third-order valence-corrected chi connectivity index (χ3v) is 3.16. The summed E-state index contributed by atoms with van der Waals surface area (Å²) in [6.07, 6.45) is 0.165. The lowest BCUT2D eigenvalue weighted by molar-refractivity contribution is -0.116. The summed E-state index contributed by atoms with van der Waals surface area (Å²) < 4.78 is 5.44. The molecule has 2 aromatic rings. The van der Waals surface area contributed by atoms with Crippen molar-refractivity contribution in [3.63, 3.8) is 0 Å². The third kappa shape index (κ3) is 4.39. The molecule has 110 valence electrons. The Morgan fingerprint density at radius 3 is 2.81 bits per heavy atom. The normalized spacial score (nSPS) is 10.2. The van der Waals surface area contributed by atoms with Crippen molar-refractivity contribution >= 4 is 23.2 Å². The molecular weight excluding hydrogens is 290 g/mol. The fourth-order valence-corrected chi connectivity index (χ4v) is 1.97. The van der Waals surface area contributed by atoms with Gasteiger partial charge in [0, 0.05) is 0 Å². The maximum Gasteiger partial charge on any atom is 0.227 e. The number of para-hydroxylation sites is 1. The molecule has 0 fully saturated rings. The monoisotopic (exact) mass is 305 g/mol. The van der Waals surface area contributed by atoms with E-state index in [0.717, 1.165) is 5.56 Å². The van der Waals surface area contributed by atoms with Crippen LogP contribution in [-0.4, -0.2) is 17.6 Å². The van der Waals surface area contributed by atoms with Gasteiger partial charge in [0.25, 0.3) is 0 Å². The number of aromatic hydroxyl groups is 1. The number of benzene rings is 2. The van der Waals surface area contributed by atoms with E-state index in [1.807, 2.05) is 19.1 Å². The van der Waals surface area contributed by atoms with Gasteiger partial charge in [-0.05, 0) is 36.8 Å². The predicted octanol–water partition coefficient (Wildman–Crippen LogP) is 3.76. The van der Waals surface area contributed by atoms with Crippen LogP contribution in [0.4, 0.5) is 5.69 Å². The van der Waals surface area contributed by atoms with Crippen LogP contribution in [0.25, 0.3) is 0 Å². The van der Waals surface area contributed by atoms with Crippen LogP contribution in [0.5, 0.6) is 11.5 Å². The summed E-state index contributed by atoms with van der Waals surface area (Å²) in [5.74, 6) is 0.356. The summed E-state index contributed by atoms with van der Waals surface area (Å²) in [6.45, 7) is 2.09. The van der Waals surface area contributed by atoms with E-state index in [4.69, 9.17) is 16.3 Å². The van der Waals surface area contributed by atoms with Gasteiger partial charge in [-0.2, -0.15) is 0 Å². The maximum atomic E-state index is 11.8. The largest absolute Gasteiger partial charge is 0.506 e. The molecule has 0 radical (unpaired) electrons. The molecule has 0 aliphatic carbocycles. The van der Waals surface area contributed by atoms with Crippen molar-refractivity contribution in [2.45, 2.75) is 13.3 Å². The van der Waals surface area contributed by atoms with Gasteiger partial charge < -0.3 is 15.2 Å². The van der Waals surface area contributed by atoms with Gasteiger partial charge in [0.15, 0.2) is 0 Å². The summed E-state index contributed by atoms with van der Waals surface area (Å²) in [5, 5.41) is 12.8. The summed E-state index contributed by atoms with van der Waals surface area (Å²) in [6, 6.07) is 12.1. The molecule has 0 saturated carbocycles. The first-order chi connectivity index (χ1) is 10.1. The average molecular weight is 306 g/mol. The highest BCUT2D eigenvalue weighted by molar-refractivity contribution is 6.32. The number of aryl methyl sites for hydroxylation is 1. The molecule has 0 bridgehead atoms. The van der Waals surface area contributed by atoms with E-state index in [1.54, 1.807) is 30.3 Å². The van der Waals surface area contributed by atoms with Crippen molar-refractivity contribution in [3.8, 4) is 11.5 Å². The van der Waals surface area contributed by atoms with Crippen molar-refractivity contribution in [3.05, 3.63) is 53.1 Å². The van der Waals surface area contributed by atoms with Gasteiger partial charge in [-0.15, -0.1) is 0 Å². The summed E-state index contributed by atoms with van der Waals surface area (Å²) in [4.78, 5) is 11.8. The number of hydrogen-bond acceptors (Lipinski definition) is 3. The van der Waals surface area contributed by atoms with Crippen LogP contribution in [0.2, 0.25) is 5.02 Å². The molecular formula is C16H16ClNO3. The van der Waals surface area contributed by atoms with E-state index >= 15 is 0 Å². The average Bonchev–Trinajstić information content (AvgIpc) is 2.45. The van der Waals surface area contributed by atoms with Gasteiger partial charge in [-0.3, -0.25) is 4.79 Å². The highest BCUT2D eigenvalue weighted by Gasteiger charge is 2.07. The molecule has 0 spiro atoms. The quantitative estimate of drug-likeness (QED) is 0.827. The fraction of sp³-hybridized carbons (Fsp3) is 0.188. The number of carbonyl (C=O) groups is 1. The molecule has 0 aliphatic heterocycles. The van der Waals surface area contributed by atoms with Crippen LogP contribution in [0, 0.1) is 6.92 Å². The second-order valence-electron chi connectivity index (χ2n) is 4.60. The number of phenols is 1. The molecule has 21 heavy (non-hydrogen) atoms. The highest BCUT2D eigenvalue weighted by atomic mass is 35.5. The number of phenolic OH excluding ortho intramolecular Hbond substituents is 1. The Labute approximate surface area is 128 Å². The van der Waals surface area contributed by atoms with Crippen molar-refractivity contribution in [1.29, 1.82) is 0 Å². The Bertz CT molecular complexity index is 643. The molecule has 0 aromatic heterocycles. The lowest BCUT2D eigenvalue weighted by Crippen LogP contribution is -2.15. The lowest BCUT2D eigenvalue weighted by Gasteiger charge is -2.10. The number of halogens is 1. The van der Waals surface area contributed by atoms with Crippen LogP contribution in [0.15, 0.2) is 42.5 Å². The van der Waals surface area contributed by atoms with E-state index < -0.39 is 0 Å². The molecule has 0 atom stereocenters. The topological polar surface area (TPSA) is 58.6 Å². The zero-order chi connectivity index (χ0) is 15.2. The number of anilines is 1. The second-order valence-corrected chi connectivity index (χ2v) is 5.00. The number of rotatable bonds is 5. The molecule has 5 heteroatoms. The Morgan fingerprint density at radius 1 is 1.29 bits per heavy atom. The fourth-order valence-electron chi connectivity index (χ4n) is 1.78. The van der Waals surface area contributed by atoms with E-state index in [2.05, 4.69) is 5.32 Å². The summed E-state index contributed by atoms with van der Waals surface area (Å²) in [5.41, 5.74) is 1.35. The number of nitrogens with one attached hydrogen (secondary N) is 1. The first kappa shape index (κ1) is 15.2. The minimum atomic E-state index is -0.233. The molecule has 0 aliphatic rings. The van der Waals surface area contributed by atoms with E-state index in [1.165, 1.54) is 0 Å². The molecule has 1 amide bonds. The molecule has 2 N–H and O–H groups in total. The zero-order valence-corrected chi connectivity index (χ0v) is 12.4. The highest BCUT2D eigenvalue weighted by Crippen LogP contribution is 2.25. The Kier molecular flexibility index (Phi) is 5.06. The minimum Gasteiger partial charge on any atom is -0.506 e. The second kappa shape index (κ2) is 6.99. The number of ether oxygens (including phenoxy) is 1. The van der Waals surface area contributed by atoms with Gasteiger partial charge >= 0.3 is 0 Å². The van der Waals surface area contributed by atoms with Gasteiger partial charge in [-0.25, -0.2) is 0 Å². The maximum absolute atomic E-state index is 11.8. The molecule has 4 nitrogen and oxygen atoms in total. The minimum absolute atomic E-state index is 0.0426. The van der Waals surface area contributed by atoms with Crippen LogP contribution in [0.3, 0.4) is 0 Å². The van der Waals surface area contributed by atoms with Crippen LogP contribution < -0.4 is 10.1 Å². The summed E-state index contributed by atoms with van der Waals surface area (Å²) >= 11 is 5.95. The smallest absolute Gasteiger partial charge is 0.227 e. The van der Waals surface area contributed by atoms with Crippen molar-refractivity contribution < 1.29 is 14.6 Å². The summed E-state index contributed by atoms with van der Waals surface area (Å²) in [7, 11) is 0. The number of carbonyl (C=O) groups excluding carboxylic acids is 1. The first-order valence-electron chi connectivity index (χ1n) is 6.53. The predicted molar refractivity (Wildman–Crippen MR) is 83.0 cm³/mol. The standard InChI is InChI=1S/C16H16ClNO3/c1-11-6-7-14(19)13(10-11)18-16(20)8-9-21-15-5-3-2-4-12(15)17/h2-7,10,19H,8-9H2,1H3,(H,18,20). The molecule has 2 aromatic carbocycles. The third-order valence-electron chi connectivity index (χ3n) is 2.85. The zero-order valence-electron chi connectivity index (χ0n) is 11.6. The van der Waals surface area contributed by atoms with Crippen molar-refractivity contribution in [2.24, 2.45) is 0 Å². The molecule has 0 saturated heterocycles. The Morgan fingerprint density at radius 2 is 2.05 bits per heavy atom. The van der Waals surface area contributed by atoms with Crippen LogP contribution in [-0.2, 0) is 4.79 Å². The number of hydrogen-bond donors (Lipinski definition) is 2. The lowest BCUT2D eigenvalue weighted by atomic mass is 10.2. The van der Waals surface area contributed by atoms with Gasteiger partial charge in [0.2, 0.25) is 5.91 Å². The van der Waals surface area contributed by atoms with Crippen molar-refractivity contribution in [2.75, 3.05) is 11.9 Å². The van der Waals surface area contributed by atoms with E-state index in [0.29, 0.717) is 16.5 Å². The van der Waals surface area contributed by atoms with Crippen LogP contribution in [0.1, 0.15) is 12.0 Å². The van der Waals surface area contributed by atoms with Gasteiger partial charge in [0.1, 0.15) is 11.5 Å². The molecule has 0 heterocycles. The van der Waals surface area contributed by atoms with Gasteiger partial charge in [0.05, 0.1) is 23.7 Å². The van der Waals surface area contributed by atoms with E-state index in [9.17, 15) is 9.90 Å². The first-order valence-corrected chi connectivity index (χ1v) is 6.91. The van der Waals surface area contributed by atoms with Gasteiger partial charge in [-0.1, -0.05) is 29.8 Å². The molecule has 0 unspecified atom stereocenters. The number of amides is 1. The van der Waals surface area contributed by atoms with E-state index in [-0.39, 0.29) is 24.7 Å². The Balaban J connectivity index is 1.85. The van der Waals surface area contributed by atoms with Crippen LogP contribution >= 0.6 is 11.6 Å². The Hall–Kier alpha value is -2.20.